The first kappa shape index (κ1) is 21.2. The van der Waals surface area contributed by atoms with Crippen molar-refractivity contribution >= 4 is 23.9 Å². The first-order valence-electron chi connectivity index (χ1n) is 9.09. The van der Waals surface area contributed by atoms with Crippen LogP contribution in [0.1, 0.15) is 24.0 Å². The van der Waals surface area contributed by atoms with Crippen molar-refractivity contribution in [2.24, 2.45) is 5.92 Å². The zero-order chi connectivity index (χ0) is 18.4. The highest BCUT2D eigenvalue weighted by Crippen LogP contribution is 2.24. The number of hydrogen-bond donors (Lipinski definition) is 2. The molecule has 0 amide bonds. The molecule has 0 saturated carbocycles. The number of carbonyl (C=O) groups is 1. The molecule has 1 heterocycles. The number of benzene rings is 2. The number of carboxylic acid groups (broad SMARTS) is 1. The lowest BCUT2D eigenvalue weighted by Crippen LogP contribution is -2.46. The van der Waals surface area contributed by atoms with Crippen LogP contribution < -0.4 is 0 Å². The van der Waals surface area contributed by atoms with Crippen molar-refractivity contribution in [1.29, 1.82) is 0 Å². The highest BCUT2D eigenvalue weighted by molar-refractivity contribution is 5.85. The summed E-state index contributed by atoms with van der Waals surface area (Å²) < 4.78 is 0. The van der Waals surface area contributed by atoms with Gasteiger partial charge in [0.05, 0.1) is 12.0 Å². The predicted molar refractivity (Wildman–Crippen MR) is 110 cm³/mol. The molecule has 0 spiro atoms. The summed E-state index contributed by atoms with van der Waals surface area (Å²) in [5.41, 5.74) is 3.55. The number of rotatable bonds is 6. The fraction of sp³-hybridized carbons (Fsp3) is 0.318. The number of hydrogen-bond acceptors (Lipinski definition) is 3. The van der Waals surface area contributed by atoms with Crippen LogP contribution in [0.15, 0.2) is 66.7 Å². The molecule has 27 heavy (non-hydrogen) atoms. The first-order valence-corrected chi connectivity index (χ1v) is 9.09. The van der Waals surface area contributed by atoms with Gasteiger partial charge in [-0.25, -0.2) is 0 Å². The molecule has 4 nitrogen and oxygen atoms in total. The Hall–Kier alpha value is -2.14. The highest BCUT2D eigenvalue weighted by Gasteiger charge is 2.32. The maximum Gasteiger partial charge on any atom is 0.310 e. The molecule has 2 atom stereocenters. The molecule has 2 aromatic rings. The molecule has 2 aromatic carbocycles. The van der Waals surface area contributed by atoms with Gasteiger partial charge in [-0.2, -0.15) is 0 Å². The summed E-state index contributed by atoms with van der Waals surface area (Å²) in [6, 6.07) is 20.6. The van der Waals surface area contributed by atoms with Crippen molar-refractivity contribution in [3.63, 3.8) is 0 Å². The molecule has 0 aliphatic carbocycles. The summed E-state index contributed by atoms with van der Waals surface area (Å²) in [5.74, 6) is -1.59. The lowest BCUT2D eigenvalue weighted by molar-refractivity contribution is -0.148. The molecule has 0 radical (unpaired) electrons. The molecule has 144 valence electrons. The van der Waals surface area contributed by atoms with E-state index in [4.69, 9.17) is 0 Å². The molecular formula is C22H26ClNO3. The van der Waals surface area contributed by atoms with E-state index in [2.05, 4.69) is 35.2 Å². The van der Waals surface area contributed by atoms with Gasteiger partial charge in [0.2, 0.25) is 0 Å². The second-order valence-electron chi connectivity index (χ2n) is 6.74. The maximum atomic E-state index is 11.3. The van der Waals surface area contributed by atoms with E-state index in [1.165, 1.54) is 16.7 Å². The van der Waals surface area contributed by atoms with Crippen molar-refractivity contribution in [2.45, 2.75) is 18.9 Å². The summed E-state index contributed by atoms with van der Waals surface area (Å²) in [4.78, 5) is 13.4. The first-order chi connectivity index (χ1) is 12.6. The summed E-state index contributed by atoms with van der Waals surface area (Å²) >= 11 is 0. The third-order valence-corrected chi connectivity index (χ3v) is 4.94. The van der Waals surface area contributed by atoms with Crippen LogP contribution in [-0.2, 0) is 4.79 Å². The van der Waals surface area contributed by atoms with Gasteiger partial charge < -0.3 is 15.1 Å². The number of aliphatic hydroxyl groups is 1. The van der Waals surface area contributed by atoms with Crippen molar-refractivity contribution in [2.75, 3.05) is 19.6 Å². The van der Waals surface area contributed by atoms with Crippen molar-refractivity contribution in [3.05, 3.63) is 77.9 Å². The van der Waals surface area contributed by atoms with E-state index in [-0.39, 0.29) is 12.4 Å². The Morgan fingerprint density at radius 2 is 1.59 bits per heavy atom. The van der Waals surface area contributed by atoms with Crippen LogP contribution in [0.25, 0.3) is 5.57 Å². The number of carboxylic acids is 1. The topological polar surface area (TPSA) is 60.8 Å². The van der Waals surface area contributed by atoms with Crippen LogP contribution in [0, 0.1) is 5.92 Å². The van der Waals surface area contributed by atoms with Crippen molar-refractivity contribution in [1.82, 2.24) is 4.90 Å². The number of aliphatic carboxylic acids is 1. The molecule has 0 aromatic heterocycles. The smallest absolute Gasteiger partial charge is 0.310 e. The van der Waals surface area contributed by atoms with Crippen LogP contribution in [0.5, 0.6) is 0 Å². The van der Waals surface area contributed by atoms with Gasteiger partial charge in [-0.05, 0) is 29.5 Å². The molecule has 0 bridgehead atoms. The molecule has 2 N–H and O–H groups in total. The summed E-state index contributed by atoms with van der Waals surface area (Å²) in [7, 11) is 0. The fourth-order valence-electron chi connectivity index (χ4n) is 3.48. The largest absolute Gasteiger partial charge is 0.481 e. The molecule has 1 saturated heterocycles. The van der Waals surface area contributed by atoms with Gasteiger partial charge in [0, 0.05) is 19.6 Å². The third kappa shape index (κ3) is 5.67. The van der Waals surface area contributed by atoms with E-state index in [1.54, 1.807) is 0 Å². The van der Waals surface area contributed by atoms with E-state index in [0.29, 0.717) is 13.0 Å². The van der Waals surface area contributed by atoms with E-state index in [9.17, 15) is 15.0 Å². The Bertz CT molecular complexity index is 707. The average molecular weight is 388 g/mol. The van der Waals surface area contributed by atoms with Crippen LogP contribution in [-0.4, -0.2) is 46.8 Å². The van der Waals surface area contributed by atoms with Crippen LogP contribution in [0.3, 0.4) is 0 Å². The van der Waals surface area contributed by atoms with Gasteiger partial charge in [-0.1, -0.05) is 66.7 Å². The molecule has 5 heteroatoms. The number of aliphatic hydroxyl groups excluding tert-OH is 1. The van der Waals surface area contributed by atoms with Crippen molar-refractivity contribution in [3.8, 4) is 0 Å². The Labute approximate surface area is 166 Å². The Morgan fingerprint density at radius 1 is 1.04 bits per heavy atom. The molecule has 0 unspecified atom stereocenters. The number of likely N-dealkylation sites (tertiary alicyclic amines) is 1. The molecular weight excluding hydrogens is 362 g/mol. The quantitative estimate of drug-likeness (QED) is 0.793. The van der Waals surface area contributed by atoms with Crippen LogP contribution in [0.4, 0.5) is 0 Å². The predicted octanol–water partition coefficient (Wildman–Crippen LogP) is 3.70. The summed E-state index contributed by atoms with van der Waals surface area (Å²) in [5, 5.41) is 19.1. The lowest BCUT2D eigenvalue weighted by Gasteiger charge is -2.33. The maximum absolute atomic E-state index is 11.3. The zero-order valence-electron chi connectivity index (χ0n) is 15.2. The van der Waals surface area contributed by atoms with Crippen LogP contribution >= 0.6 is 12.4 Å². The summed E-state index contributed by atoms with van der Waals surface area (Å²) in [6.45, 7) is 1.95. The van der Waals surface area contributed by atoms with Gasteiger partial charge in [0.25, 0.3) is 0 Å². The standard InChI is InChI=1S/C22H25NO3.ClH/c24-21-13-15-23(16-20(21)22(25)26)14-7-12-19(17-8-3-1-4-9-17)18-10-5-2-6-11-18;/h1-6,8-12,20-21,24H,7,13-16H2,(H,25,26);1H/t20-,21+;/m1./s1. The lowest BCUT2D eigenvalue weighted by atomic mass is 9.94. The van der Waals surface area contributed by atoms with Gasteiger partial charge in [-0.3, -0.25) is 4.79 Å². The van der Waals surface area contributed by atoms with Gasteiger partial charge in [0.1, 0.15) is 0 Å². The minimum absolute atomic E-state index is 0. The Balaban J connectivity index is 0.00000261. The molecule has 3 rings (SSSR count). The normalized spacial score (nSPS) is 19.7. The van der Waals surface area contributed by atoms with Crippen LogP contribution in [0.2, 0.25) is 0 Å². The number of halogens is 1. The monoisotopic (exact) mass is 387 g/mol. The summed E-state index contributed by atoms with van der Waals surface area (Å²) in [6.07, 6.45) is 2.85. The SMILES string of the molecule is Cl.O=C(O)[C@@H]1CN(CCC=C(c2ccccc2)c2ccccc2)CC[C@@H]1O. The fourth-order valence-corrected chi connectivity index (χ4v) is 3.48. The van der Waals surface area contributed by atoms with E-state index < -0.39 is 18.0 Å². The van der Waals surface area contributed by atoms with Gasteiger partial charge >= 0.3 is 5.97 Å². The molecule has 1 aliphatic heterocycles. The Morgan fingerprint density at radius 3 is 2.11 bits per heavy atom. The highest BCUT2D eigenvalue weighted by atomic mass is 35.5. The van der Waals surface area contributed by atoms with E-state index >= 15 is 0 Å². The second kappa shape index (κ2) is 10.3. The van der Waals surface area contributed by atoms with E-state index in [1.807, 2.05) is 36.4 Å². The van der Waals surface area contributed by atoms with Gasteiger partial charge in [0.15, 0.2) is 0 Å². The molecule has 1 aliphatic rings. The Kier molecular flexibility index (Phi) is 8.04. The number of piperidine rings is 1. The minimum Gasteiger partial charge on any atom is -0.481 e. The number of nitrogens with zero attached hydrogens (tertiary/aromatic N) is 1. The van der Waals surface area contributed by atoms with Gasteiger partial charge in [-0.15, -0.1) is 12.4 Å². The van der Waals surface area contributed by atoms with Crippen molar-refractivity contribution < 1.29 is 15.0 Å². The molecule has 1 fully saturated rings. The van der Waals surface area contributed by atoms with E-state index in [0.717, 1.165) is 19.5 Å². The second-order valence-corrected chi connectivity index (χ2v) is 6.74. The zero-order valence-corrected chi connectivity index (χ0v) is 16.0. The third-order valence-electron chi connectivity index (χ3n) is 4.94. The average Bonchev–Trinajstić information content (AvgIpc) is 2.67. The minimum atomic E-state index is -0.910.